The maximum Gasteiger partial charge on any atom is 0.0104 e. The van der Waals surface area contributed by atoms with Gasteiger partial charge in [-0.1, -0.05) is 64.0 Å². The molecule has 1 heterocycles. The molecule has 0 radical (unpaired) electrons. The van der Waals surface area contributed by atoms with E-state index in [1.165, 1.54) is 10.6 Å². The van der Waals surface area contributed by atoms with Crippen molar-refractivity contribution in [1.29, 1.82) is 0 Å². The standard InChI is InChI=1S/C10H18Cl2P2/c1-9(2,3)7-8(10(4,5)6)14(12)13(7)11/h1-6H3. The van der Waals surface area contributed by atoms with Crippen LogP contribution in [0, 0.1) is 0 Å². The molecule has 0 amide bonds. The lowest BCUT2D eigenvalue weighted by molar-refractivity contribution is 0.548. The molecule has 0 fully saturated rings. The van der Waals surface area contributed by atoms with Crippen LogP contribution in [0.5, 0.6) is 0 Å². The molecule has 0 saturated heterocycles. The van der Waals surface area contributed by atoms with Crippen molar-refractivity contribution < 1.29 is 0 Å². The third kappa shape index (κ3) is 2.19. The van der Waals surface area contributed by atoms with Crippen LogP contribution in [0.15, 0.2) is 0 Å². The molecule has 0 saturated carbocycles. The maximum atomic E-state index is 6.35. The van der Waals surface area contributed by atoms with Gasteiger partial charge in [0.2, 0.25) is 0 Å². The van der Waals surface area contributed by atoms with Gasteiger partial charge in [-0.3, -0.25) is 0 Å². The normalized spacial score (nSPS) is 16.3. The first kappa shape index (κ1) is 13.0. The van der Waals surface area contributed by atoms with E-state index in [1.54, 1.807) is 0 Å². The Hall–Kier alpha value is 0.920. The Balaban J connectivity index is 3.28. The Kier molecular flexibility index (Phi) is 3.47. The highest BCUT2D eigenvalue weighted by Crippen LogP contribution is 2.74. The Morgan fingerprint density at radius 3 is 1.07 bits per heavy atom. The van der Waals surface area contributed by atoms with E-state index < -0.39 is 13.1 Å². The second-order valence-electron chi connectivity index (χ2n) is 5.72. The first-order chi connectivity index (χ1) is 6.07. The molecule has 1 aromatic heterocycles. The van der Waals surface area contributed by atoms with E-state index in [2.05, 4.69) is 41.5 Å². The molecule has 0 aliphatic rings. The van der Waals surface area contributed by atoms with Crippen molar-refractivity contribution in [2.75, 3.05) is 0 Å². The Labute approximate surface area is 98.6 Å². The Morgan fingerprint density at radius 1 is 0.714 bits per heavy atom. The minimum absolute atomic E-state index is 0.184. The molecule has 14 heavy (non-hydrogen) atoms. The number of halogens is 2. The SMILES string of the molecule is CC(C)(C)c1c(C(C)(C)C)p(Cl)p1Cl. The molecule has 0 spiro atoms. The molecular formula is C10H18Cl2P2. The van der Waals surface area contributed by atoms with Crippen LogP contribution in [0.25, 0.3) is 0 Å². The van der Waals surface area contributed by atoms with Gasteiger partial charge in [0, 0.05) is 23.7 Å². The van der Waals surface area contributed by atoms with Gasteiger partial charge in [-0.15, -0.1) is 0 Å². The number of hydrogen-bond acceptors (Lipinski definition) is 0. The predicted molar refractivity (Wildman–Crippen MR) is 71.8 cm³/mol. The van der Waals surface area contributed by atoms with Gasteiger partial charge in [0.1, 0.15) is 0 Å². The van der Waals surface area contributed by atoms with Crippen LogP contribution in [0.4, 0.5) is 0 Å². The van der Waals surface area contributed by atoms with Crippen molar-refractivity contribution in [3.8, 4) is 0 Å². The van der Waals surface area contributed by atoms with Gasteiger partial charge in [0.15, 0.2) is 0 Å². The van der Waals surface area contributed by atoms with Crippen LogP contribution in [-0.4, -0.2) is 0 Å². The minimum Gasteiger partial charge on any atom is -0.0569 e. The van der Waals surface area contributed by atoms with Crippen molar-refractivity contribution >= 4 is 35.6 Å². The minimum atomic E-state index is -0.552. The highest BCUT2D eigenvalue weighted by molar-refractivity contribution is 8.32. The van der Waals surface area contributed by atoms with E-state index in [4.69, 9.17) is 22.5 Å². The summed E-state index contributed by atoms with van der Waals surface area (Å²) in [6.07, 6.45) is 0. The van der Waals surface area contributed by atoms with Gasteiger partial charge in [0.05, 0.1) is 0 Å². The predicted octanol–water partition coefficient (Wildman–Crippen LogP) is 6.26. The molecular weight excluding hydrogens is 253 g/mol. The molecule has 2 atom stereocenters. The smallest absolute Gasteiger partial charge is 0.0104 e. The second kappa shape index (κ2) is 3.74. The van der Waals surface area contributed by atoms with Crippen LogP contribution < -0.4 is 0 Å². The summed E-state index contributed by atoms with van der Waals surface area (Å²) in [5.41, 5.74) is 0.369. The van der Waals surface area contributed by atoms with Gasteiger partial charge in [-0.25, -0.2) is 0 Å². The monoisotopic (exact) mass is 270 g/mol. The first-order valence-electron chi connectivity index (χ1n) is 4.74. The molecule has 0 bridgehead atoms. The van der Waals surface area contributed by atoms with Gasteiger partial charge in [-0.05, 0) is 10.8 Å². The fourth-order valence-electron chi connectivity index (χ4n) is 1.57. The zero-order valence-corrected chi connectivity index (χ0v) is 13.0. The molecule has 0 N–H and O–H groups in total. The van der Waals surface area contributed by atoms with Crippen molar-refractivity contribution in [3.63, 3.8) is 0 Å². The molecule has 4 heteroatoms. The average Bonchev–Trinajstić information content (AvgIpc) is 1.93. The van der Waals surface area contributed by atoms with E-state index in [0.29, 0.717) is 0 Å². The van der Waals surface area contributed by atoms with Crippen LogP contribution in [0.3, 0.4) is 0 Å². The summed E-state index contributed by atoms with van der Waals surface area (Å²) < 4.78 is 0. The molecule has 82 valence electrons. The van der Waals surface area contributed by atoms with Crippen molar-refractivity contribution in [2.24, 2.45) is 0 Å². The van der Waals surface area contributed by atoms with Crippen molar-refractivity contribution in [3.05, 3.63) is 10.6 Å². The van der Waals surface area contributed by atoms with Crippen LogP contribution in [0.2, 0.25) is 0 Å². The van der Waals surface area contributed by atoms with Crippen LogP contribution in [0.1, 0.15) is 52.1 Å². The lowest BCUT2D eigenvalue weighted by atomic mass is 9.86. The highest BCUT2D eigenvalue weighted by Gasteiger charge is 2.35. The first-order valence-corrected chi connectivity index (χ1v) is 9.93. The lowest BCUT2D eigenvalue weighted by Gasteiger charge is -2.36. The van der Waals surface area contributed by atoms with E-state index in [1.807, 2.05) is 0 Å². The fraction of sp³-hybridized carbons (Fsp3) is 0.800. The van der Waals surface area contributed by atoms with Gasteiger partial charge in [-0.2, -0.15) is 0 Å². The fourth-order valence-corrected chi connectivity index (χ4v) is 11.2. The summed E-state index contributed by atoms with van der Waals surface area (Å²) in [5.74, 6) is 0. The summed E-state index contributed by atoms with van der Waals surface area (Å²) in [7, 11) is 0. The van der Waals surface area contributed by atoms with E-state index >= 15 is 0 Å². The molecule has 0 aliphatic heterocycles. The molecule has 0 aliphatic carbocycles. The topological polar surface area (TPSA) is 0 Å². The Bertz CT molecular complexity index is 300. The molecule has 0 aromatic carbocycles. The van der Waals surface area contributed by atoms with Gasteiger partial charge >= 0.3 is 0 Å². The third-order valence-corrected chi connectivity index (χ3v) is 11.7. The van der Waals surface area contributed by atoms with Gasteiger partial charge in [0.25, 0.3) is 0 Å². The average molecular weight is 271 g/mol. The summed E-state index contributed by atoms with van der Waals surface area (Å²) >= 11 is 12.7. The largest absolute Gasteiger partial charge is 0.0569 e. The van der Waals surface area contributed by atoms with Gasteiger partial charge < -0.3 is 0 Å². The molecule has 2 unspecified atom stereocenters. The van der Waals surface area contributed by atoms with Crippen molar-refractivity contribution in [1.82, 2.24) is 0 Å². The van der Waals surface area contributed by atoms with Crippen LogP contribution >= 0.6 is 35.6 Å². The number of rotatable bonds is 0. The van der Waals surface area contributed by atoms with Crippen LogP contribution in [-0.2, 0) is 10.8 Å². The molecule has 1 aromatic rings. The molecule has 0 nitrogen and oxygen atoms in total. The Morgan fingerprint density at radius 2 is 0.929 bits per heavy atom. The summed E-state index contributed by atoms with van der Waals surface area (Å²) in [6.45, 7) is 12.3. The zero-order valence-electron chi connectivity index (χ0n) is 9.65. The number of hydrogen-bond donors (Lipinski definition) is 0. The maximum absolute atomic E-state index is 6.35. The second-order valence-corrected chi connectivity index (χ2v) is 13.5. The summed E-state index contributed by atoms with van der Waals surface area (Å²) in [5, 5.41) is 2.87. The van der Waals surface area contributed by atoms with E-state index in [9.17, 15) is 0 Å². The summed E-state index contributed by atoms with van der Waals surface area (Å²) in [6, 6.07) is 0. The molecule has 1 rings (SSSR count). The lowest BCUT2D eigenvalue weighted by Crippen LogP contribution is -2.21. The zero-order chi connectivity index (χ0) is 11.3. The summed E-state index contributed by atoms with van der Waals surface area (Å²) in [4.78, 5) is 0. The third-order valence-electron chi connectivity index (χ3n) is 2.17. The van der Waals surface area contributed by atoms with Crippen molar-refractivity contribution in [2.45, 2.75) is 52.4 Å². The quantitative estimate of drug-likeness (QED) is 0.522. The van der Waals surface area contributed by atoms with E-state index in [0.717, 1.165) is 0 Å². The highest BCUT2D eigenvalue weighted by atomic mass is 35.7. The van der Waals surface area contributed by atoms with E-state index in [-0.39, 0.29) is 10.8 Å².